The van der Waals surface area contributed by atoms with Gasteiger partial charge in [0.15, 0.2) is 0 Å². The number of nitrogens with one attached hydrogen (secondary N) is 2. The highest BCUT2D eigenvalue weighted by atomic mass is 16.5. The topological polar surface area (TPSA) is 50.4 Å². The first-order valence-corrected chi connectivity index (χ1v) is 8.42. The Labute approximate surface area is 124 Å². The van der Waals surface area contributed by atoms with E-state index >= 15 is 0 Å². The Morgan fingerprint density at radius 1 is 1.05 bits per heavy atom. The van der Waals surface area contributed by atoms with E-state index in [1.165, 1.54) is 38.5 Å². The molecule has 0 heterocycles. The highest BCUT2D eigenvalue weighted by Crippen LogP contribution is 2.25. The molecule has 0 aromatic carbocycles. The molecule has 1 rings (SSSR count). The van der Waals surface area contributed by atoms with Crippen molar-refractivity contribution in [1.82, 2.24) is 10.6 Å². The van der Waals surface area contributed by atoms with E-state index in [4.69, 9.17) is 4.74 Å². The fourth-order valence-electron chi connectivity index (χ4n) is 2.65. The molecule has 0 aromatic heterocycles. The van der Waals surface area contributed by atoms with Crippen LogP contribution in [0.2, 0.25) is 0 Å². The zero-order chi connectivity index (χ0) is 14.5. The minimum Gasteiger partial charge on any atom is -0.381 e. The summed E-state index contributed by atoms with van der Waals surface area (Å²) in [6.07, 6.45) is 11.1. The first-order valence-electron chi connectivity index (χ1n) is 8.42. The van der Waals surface area contributed by atoms with Gasteiger partial charge >= 0.3 is 6.03 Å². The monoisotopic (exact) mass is 284 g/mol. The summed E-state index contributed by atoms with van der Waals surface area (Å²) in [5, 5.41) is 5.83. The summed E-state index contributed by atoms with van der Waals surface area (Å²) < 4.78 is 5.44. The minimum atomic E-state index is -0.0330. The lowest BCUT2D eigenvalue weighted by molar-refractivity contribution is 0.129. The van der Waals surface area contributed by atoms with E-state index in [0.29, 0.717) is 6.54 Å². The number of hydrogen-bond acceptors (Lipinski definition) is 2. The van der Waals surface area contributed by atoms with Gasteiger partial charge in [-0.2, -0.15) is 0 Å². The van der Waals surface area contributed by atoms with Gasteiger partial charge in [-0.05, 0) is 25.2 Å². The predicted molar refractivity (Wildman–Crippen MR) is 82.9 cm³/mol. The third-order valence-electron chi connectivity index (χ3n) is 3.96. The Morgan fingerprint density at radius 2 is 1.75 bits per heavy atom. The molecule has 4 heteroatoms. The van der Waals surface area contributed by atoms with Crippen molar-refractivity contribution in [2.45, 2.75) is 64.7 Å². The Morgan fingerprint density at radius 3 is 2.50 bits per heavy atom. The van der Waals surface area contributed by atoms with Crippen LogP contribution in [0.25, 0.3) is 0 Å². The molecule has 1 saturated carbocycles. The van der Waals surface area contributed by atoms with E-state index in [9.17, 15) is 4.79 Å². The van der Waals surface area contributed by atoms with E-state index in [1.54, 1.807) is 0 Å². The molecule has 118 valence electrons. The van der Waals surface area contributed by atoms with Crippen LogP contribution < -0.4 is 10.6 Å². The summed E-state index contributed by atoms with van der Waals surface area (Å²) in [4.78, 5) is 11.6. The summed E-state index contributed by atoms with van der Waals surface area (Å²) in [5.74, 6) is 0.830. The SMILES string of the molecule is CCCCOCCCNC(=O)NCCC1CCCCC1. The highest BCUT2D eigenvalue weighted by molar-refractivity contribution is 5.73. The largest absolute Gasteiger partial charge is 0.381 e. The molecule has 0 radical (unpaired) electrons. The minimum absolute atomic E-state index is 0.0330. The molecule has 20 heavy (non-hydrogen) atoms. The Balaban J connectivity index is 1.85. The number of urea groups is 1. The van der Waals surface area contributed by atoms with Crippen molar-refractivity contribution in [3.63, 3.8) is 0 Å². The zero-order valence-electron chi connectivity index (χ0n) is 13.1. The Hall–Kier alpha value is -0.770. The molecular weight excluding hydrogens is 252 g/mol. The van der Waals surface area contributed by atoms with Crippen LogP contribution in [0.1, 0.15) is 64.7 Å². The highest BCUT2D eigenvalue weighted by Gasteiger charge is 2.12. The molecule has 0 bridgehead atoms. The third-order valence-corrected chi connectivity index (χ3v) is 3.96. The average molecular weight is 284 g/mol. The van der Waals surface area contributed by atoms with E-state index < -0.39 is 0 Å². The molecule has 0 saturated heterocycles. The van der Waals surface area contributed by atoms with Gasteiger partial charge in [0.05, 0.1) is 0 Å². The van der Waals surface area contributed by atoms with Crippen molar-refractivity contribution in [3.05, 3.63) is 0 Å². The van der Waals surface area contributed by atoms with Gasteiger partial charge in [0.1, 0.15) is 0 Å². The van der Waals surface area contributed by atoms with Crippen LogP contribution in [0.4, 0.5) is 4.79 Å². The molecule has 2 amide bonds. The Bertz CT molecular complexity index is 241. The molecule has 2 N–H and O–H groups in total. The molecule has 1 aliphatic carbocycles. The summed E-state index contributed by atoms with van der Waals surface area (Å²) >= 11 is 0. The maximum Gasteiger partial charge on any atom is 0.314 e. The molecule has 0 spiro atoms. The van der Waals surface area contributed by atoms with Crippen LogP contribution in [0.5, 0.6) is 0 Å². The number of carbonyl (C=O) groups is 1. The van der Waals surface area contributed by atoms with Crippen LogP contribution in [0, 0.1) is 5.92 Å². The Kier molecular flexibility index (Phi) is 10.4. The van der Waals surface area contributed by atoms with E-state index in [-0.39, 0.29) is 6.03 Å². The van der Waals surface area contributed by atoms with Gasteiger partial charge in [0.25, 0.3) is 0 Å². The lowest BCUT2D eigenvalue weighted by atomic mass is 9.87. The quantitative estimate of drug-likeness (QED) is 0.604. The number of rotatable bonds is 10. The second kappa shape index (κ2) is 12.0. The molecule has 4 nitrogen and oxygen atoms in total. The summed E-state index contributed by atoms with van der Waals surface area (Å²) in [7, 11) is 0. The van der Waals surface area contributed by atoms with Gasteiger partial charge in [0, 0.05) is 26.3 Å². The molecule has 1 aliphatic rings. The molecular formula is C16H32N2O2. The normalized spacial score (nSPS) is 16.1. The smallest absolute Gasteiger partial charge is 0.314 e. The fraction of sp³-hybridized carbons (Fsp3) is 0.938. The number of amides is 2. The van der Waals surface area contributed by atoms with E-state index in [0.717, 1.165) is 44.9 Å². The second-order valence-corrected chi connectivity index (χ2v) is 5.79. The lowest BCUT2D eigenvalue weighted by Crippen LogP contribution is -2.37. The first kappa shape index (κ1) is 17.3. The van der Waals surface area contributed by atoms with E-state index in [1.807, 2.05) is 0 Å². The summed E-state index contributed by atoms with van der Waals surface area (Å²) in [5.41, 5.74) is 0. The van der Waals surface area contributed by atoms with E-state index in [2.05, 4.69) is 17.6 Å². The van der Waals surface area contributed by atoms with Gasteiger partial charge in [-0.3, -0.25) is 0 Å². The maximum absolute atomic E-state index is 11.6. The van der Waals surface area contributed by atoms with Gasteiger partial charge in [-0.25, -0.2) is 4.79 Å². The first-order chi connectivity index (χ1) is 9.83. The van der Waals surface area contributed by atoms with Crippen molar-refractivity contribution in [2.75, 3.05) is 26.3 Å². The van der Waals surface area contributed by atoms with Crippen molar-refractivity contribution >= 4 is 6.03 Å². The van der Waals surface area contributed by atoms with Gasteiger partial charge < -0.3 is 15.4 Å². The zero-order valence-corrected chi connectivity index (χ0v) is 13.1. The number of unbranched alkanes of at least 4 members (excludes halogenated alkanes) is 1. The molecule has 0 atom stereocenters. The summed E-state index contributed by atoms with van der Waals surface area (Å²) in [6.45, 7) is 5.24. The number of hydrogen-bond donors (Lipinski definition) is 2. The van der Waals surface area contributed by atoms with Gasteiger partial charge in [0.2, 0.25) is 0 Å². The maximum atomic E-state index is 11.6. The summed E-state index contributed by atoms with van der Waals surface area (Å²) in [6, 6.07) is -0.0330. The van der Waals surface area contributed by atoms with Gasteiger partial charge in [-0.15, -0.1) is 0 Å². The van der Waals surface area contributed by atoms with Crippen molar-refractivity contribution in [1.29, 1.82) is 0 Å². The standard InChI is InChI=1S/C16H32N2O2/c1-2-3-13-20-14-7-11-17-16(19)18-12-10-15-8-5-4-6-9-15/h15H,2-14H2,1H3,(H2,17,18,19). The molecule has 0 aromatic rings. The van der Waals surface area contributed by atoms with Crippen LogP contribution in [-0.4, -0.2) is 32.3 Å². The third kappa shape index (κ3) is 9.18. The van der Waals surface area contributed by atoms with Crippen molar-refractivity contribution in [2.24, 2.45) is 5.92 Å². The lowest BCUT2D eigenvalue weighted by Gasteiger charge is -2.21. The van der Waals surface area contributed by atoms with Crippen LogP contribution in [0.3, 0.4) is 0 Å². The molecule has 0 aliphatic heterocycles. The predicted octanol–water partition coefficient (Wildman–Crippen LogP) is 3.46. The van der Waals surface area contributed by atoms with Crippen molar-refractivity contribution < 1.29 is 9.53 Å². The number of ether oxygens (including phenoxy) is 1. The van der Waals surface area contributed by atoms with Crippen LogP contribution in [0.15, 0.2) is 0 Å². The second-order valence-electron chi connectivity index (χ2n) is 5.79. The molecule has 0 unspecified atom stereocenters. The van der Waals surface area contributed by atoms with Crippen molar-refractivity contribution in [3.8, 4) is 0 Å². The average Bonchev–Trinajstić information content (AvgIpc) is 2.47. The van der Waals surface area contributed by atoms with Crippen LogP contribution >= 0.6 is 0 Å². The number of carbonyl (C=O) groups excluding carboxylic acids is 1. The van der Waals surface area contributed by atoms with Crippen LogP contribution in [-0.2, 0) is 4.74 Å². The molecule has 1 fully saturated rings. The van der Waals surface area contributed by atoms with Gasteiger partial charge in [-0.1, -0.05) is 45.4 Å². The fourth-order valence-corrected chi connectivity index (χ4v) is 2.65.